The van der Waals surface area contributed by atoms with Crippen molar-refractivity contribution < 1.29 is 9.32 Å². The van der Waals surface area contributed by atoms with Crippen LogP contribution in [0.5, 0.6) is 0 Å². The van der Waals surface area contributed by atoms with Crippen molar-refractivity contribution in [2.75, 3.05) is 27.2 Å². The lowest BCUT2D eigenvalue weighted by molar-refractivity contribution is 0.0819. The number of amides is 1. The molecule has 1 amide bonds. The number of piperidine rings is 1. The molecule has 2 aromatic rings. The number of H-pyrrole nitrogens is 1. The first-order valence-electron chi connectivity index (χ1n) is 8.84. The first-order valence-corrected chi connectivity index (χ1v) is 8.84. The summed E-state index contributed by atoms with van der Waals surface area (Å²) >= 11 is 0. The maximum atomic E-state index is 12.4. The molecule has 0 aliphatic carbocycles. The zero-order chi connectivity index (χ0) is 17.8. The van der Waals surface area contributed by atoms with Crippen LogP contribution in [0.2, 0.25) is 0 Å². The molecule has 1 N–H and O–H groups in total. The third-order valence-electron chi connectivity index (χ3n) is 4.66. The van der Waals surface area contributed by atoms with E-state index >= 15 is 0 Å². The van der Waals surface area contributed by atoms with E-state index in [2.05, 4.69) is 25.2 Å². The second-order valence-electron chi connectivity index (χ2n) is 6.78. The second kappa shape index (κ2) is 7.77. The number of likely N-dealkylation sites (tertiary alicyclic amines) is 1. The van der Waals surface area contributed by atoms with Crippen LogP contribution in [0, 0.1) is 6.92 Å². The van der Waals surface area contributed by atoms with Crippen LogP contribution in [0.15, 0.2) is 10.7 Å². The highest BCUT2D eigenvalue weighted by Gasteiger charge is 2.29. The van der Waals surface area contributed by atoms with Crippen LogP contribution in [0.25, 0.3) is 0 Å². The Kier molecular flexibility index (Phi) is 5.47. The molecule has 25 heavy (non-hydrogen) atoms. The third-order valence-corrected chi connectivity index (χ3v) is 4.66. The summed E-state index contributed by atoms with van der Waals surface area (Å²) in [5.41, 5.74) is 1.61. The Bertz CT molecular complexity index is 708. The van der Waals surface area contributed by atoms with E-state index < -0.39 is 0 Å². The number of nitrogens with one attached hydrogen (secondary N) is 1. The molecule has 1 aliphatic rings. The fraction of sp³-hybridized carbons (Fsp3) is 0.647. The first-order chi connectivity index (χ1) is 12.1. The number of aromatic nitrogens is 4. The highest BCUT2D eigenvalue weighted by Crippen LogP contribution is 2.32. The van der Waals surface area contributed by atoms with Gasteiger partial charge in [-0.25, -0.2) is 0 Å². The van der Waals surface area contributed by atoms with Gasteiger partial charge in [0.1, 0.15) is 0 Å². The van der Waals surface area contributed by atoms with Crippen LogP contribution in [0.3, 0.4) is 0 Å². The Morgan fingerprint density at radius 3 is 3.00 bits per heavy atom. The van der Waals surface area contributed by atoms with E-state index in [9.17, 15) is 4.79 Å². The maximum Gasteiger partial charge on any atom is 0.256 e. The average Bonchev–Trinajstić information content (AvgIpc) is 3.23. The van der Waals surface area contributed by atoms with Crippen molar-refractivity contribution in [1.29, 1.82) is 0 Å². The van der Waals surface area contributed by atoms with Crippen molar-refractivity contribution in [3.8, 4) is 0 Å². The van der Waals surface area contributed by atoms with Crippen molar-refractivity contribution in [3.63, 3.8) is 0 Å². The summed E-state index contributed by atoms with van der Waals surface area (Å²) < 4.78 is 5.18. The molecular weight excluding hydrogens is 320 g/mol. The van der Waals surface area contributed by atoms with E-state index in [1.807, 2.05) is 6.92 Å². The Labute approximate surface area is 147 Å². The number of nitrogens with zero attached hydrogens (tertiary/aromatic N) is 5. The van der Waals surface area contributed by atoms with Crippen LogP contribution in [-0.4, -0.2) is 63.2 Å². The van der Waals surface area contributed by atoms with Gasteiger partial charge < -0.3 is 9.42 Å². The highest BCUT2D eigenvalue weighted by molar-refractivity contribution is 5.94. The quantitative estimate of drug-likeness (QED) is 0.860. The van der Waals surface area contributed by atoms with E-state index in [-0.39, 0.29) is 11.9 Å². The maximum absolute atomic E-state index is 12.4. The molecule has 3 heterocycles. The number of carbonyl (C=O) groups is 1. The minimum atomic E-state index is -0.00407. The van der Waals surface area contributed by atoms with Gasteiger partial charge in [-0.3, -0.25) is 14.8 Å². The summed E-state index contributed by atoms with van der Waals surface area (Å²) in [7, 11) is 3.54. The normalized spacial score (nSPS) is 18.4. The molecule has 1 saturated heterocycles. The van der Waals surface area contributed by atoms with Gasteiger partial charge in [0.2, 0.25) is 5.89 Å². The summed E-state index contributed by atoms with van der Waals surface area (Å²) in [6.07, 6.45) is 6.75. The lowest BCUT2D eigenvalue weighted by Crippen LogP contribution is -2.36. The molecule has 1 aliphatic heterocycles. The number of aromatic amines is 1. The lowest BCUT2D eigenvalue weighted by Gasteiger charge is -2.35. The van der Waals surface area contributed by atoms with Crippen molar-refractivity contribution in [3.05, 3.63) is 29.2 Å². The molecule has 8 heteroatoms. The molecule has 1 atom stereocenters. The predicted molar refractivity (Wildman–Crippen MR) is 92.1 cm³/mol. The smallest absolute Gasteiger partial charge is 0.256 e. The Balaban J connectivity index is 1.67. The van der Waals surface area contributed by atoms with Gasteiger partial charge >= 0.3 is 0 Å². The monoisotopic (exact) mass is 346 g/mol. The van der Waals surface area contributed by atoms with Crippen LogP contribution >= 0.6 is 0 Å². The number of hydrogen-bond acceptors (Lipinski definition) is 6. The molecule has 1 unspecified atom stereocenters. The van der Waals surface area contributed by atoms with Gasteiger partial charge in [-0.2, -0.15) is 10.1 Å². The van der Waals surface area contributed by atoms with Crippen molar-refractivity contribution in [2.45, 2.75) is 45.1 Å². The van der Waals surface area contributed by atoms with Gasteiger partial charge in [0, 0.05) is 20.5 Å². The summed E-state index contributed by atoms with van der Waals surface area (Å²) in [6.45, 7) is 3.79. The Morgan fingerprint density at radius 2 is 2.28 bits per heavy atom. The SMILES string of the molecule is Cc1noc(CCCN2CCCCC2c2[nH]ncc2C(=O)N(C)C)n1. The summed E-state index contributed by atoms with van der Waals surface area (Å²) in [6, 6.07) is 0.208. The van der Waals surface area contributed by atoms with Gasteiger partial charge in [-0.15, -0.1) is 0 Å². The number of aryl methyl sites for hydroxylation is 2. The predicted octanol–water partition coefficient (Wildman–Crippen LogP) is 1.96. The molecule has 0 bridgehead atoms. The topological polar surface area (TPSA) is 91.2 Å². The zero-order valence-electron chi connectivity index (χ0n) is 15.2. The molecule has 0 spiro atoms. The Morgan fingerprint density at radius 1 is 1.44 bits per heavy atom. The summed E-state index contributed by atoms with van der Waals surface area (Å²) in [4.78, 5) is 20.7. The molecule has 3 rings (SSSR count). The second-order valence-corrected chi connectivity index (χ2v) is 6.78. The summed E-state index contributed by atoms with van der Waals surface area (Å²) in [5.74, 6) is 1.36. The van der Waals surface area contributed by atoms with E-state index in [0.29, 0.717) is 17.3 Å². The van der Waals surface area contributed by atoms with Gasteiger partial charge in [0.25, 0.3) is 5.91 Å². The first kappa shape index (κ1) is 17.6. The lowest BCUT2D eigenvalue weighted by atomic mass is 9.96. The van der Waals surface area contributed by atoms with Gasteiger partial charge in [-0.1, -0.05) is 11.6 Å². The van der Waals surface area contributed by atoms with E-state index in [1.54, 1.807) is 25.2 Å². The zero-order valence-corrected chi connectivity index (χ0v) is 15.2. The van der Waals surface area contributed by atoms with E-state index in [4.69, 9.17) is 4.52 Å². The van der Waals surface area contributed by atoms with Gasteiger partial charge in [0.05, 0.1) is 23.5 Å². The fourth-order valence-electron chi connectivity index (χ4n) is 3.42. The average molecular weight is 346 g/mol. The summed E-state index contributed by atoms with van der Waals surface area (Å²) in [5, 5.41) is 11.0. The largest absolute Gasteiger partial charge is 0.345 e. The van der Waals surface area contributed by atoms with E-state index in [0.717, 1.165) is 38.0 Å². The van der Waals surface area contributed by atoms with Crippen molar-refractivity contribution in [1.82, 2.24) is 30.1 Å². The fourth-order valence-corrected chi connectivity index (χ4v) is 3.42. The van der Waals surface area contributed by atoms with Gasteiger partial charge in [0.15, 0.2) is 5.82 Å². The Hall–Kier alpha value is -2.22. The molecule has 0 saturated carbocycles. The number of hydrogen-bond donors (Lipinski definition) is 1. The molecule has 1 fully saturated rings. The van der Waals surface area contributed by atoms with Crippen LogP contribution in [-0.2, 0) is 6.42 Å². The van der Waals surface area contributed by atoms with Crippen LogP contribution < -0.4 is 0 Å². The molecule has 136 valence electrons. The molecule has 0 radical (unpaired) electrons. The minimum Gasteiger partial charge on any atom is -0.345 e. The van der Waals surface area contributed by atoms with Crippen molar-refractivity contribution >= 4 is 5.91 Å². The van der Waals surface area contributed by atoms with E-state index in [1.165, 1.54) is 12.8 Å². The van der Waals surface area contributed by atoms with Crippen molar-refractivity contribution in [2.24, 2.45) is 0 Å². The standard InChI is InChI=1S/C17H26N6O2/c1-12-19-15(25-21-12)8-6-10-23-9-5-4-7-14(23)16-13(11-18-20-16)17(24)22(2)3/h11,14H,4-10H2,1-3H3,(H,18,20). The molecule has 8 nitrogen and oxygen atoms in total. The number of rotatable bonds is 6. The highest BCUT2D eigenvalue weighted by atomic mass is 16.5. The van der Waals surface area contributed by atoms with Gasteiger partial charge in [-0.05, 0) is 39.3 Å². The minimum absolute atomic E-state index is 0.00407. The molecule has 0 aromatic carbocycles. The molecule has 2 aromatic heterocycles. The third kappa shape index (κ3) is 4.07. The number of carbonyl (C=O) groups excluding carboxylic acids is 1. The molecular formula is C17H26N6O2. The van der Waals surface area contributed by atoms with Crippen LogP contribution in [0.4, 0.5) is 0 Å². The van der Waals surface area contributed by atoms with Crippen LogP contribution in [0.1, 0.15) is 59.5 Å².